The Labute approximate surface area is 251 Å². The van der Waals surface area contributed by atoms with Gasteiger partial charge in [-0.1, -0.05) is 24.6 Å². The molecule has 8 nitrogen and oxygen atoms in total. The normalized spacial score (nSPS) is 26.5. The smallest absolute Gasteiger partial charge is 0.259 e. The van der Waals surface area contributed by atoms with Crippen LogP contribution < -0.4 is 20.1 Å². The van der Waals surface area contributed by atoms with E-state index in [1.807, 2.05) is 10.8 Å². The van der Waals surface area contributed by atoms with Crippen molar-refractivity contribution in [3.8, 4) is 16.9 Å². The molecular weight excluding hydrogens is 576 g/mol. The maximum atomic E-state index is 15.6. The molecule has 1 spiro atoms. The van der Waals surface area contributed by atoms with Crippen LogP contribution in [0.25, 0.3) is 11.1 Å². The van der Waals surface area contributed by atoms with Crippen LogP contribution >= 0.6 is 0 Å². The third-order valence-corrected chi connectivity index (χ3v) is 10.3. The van der Waals surface area contributed by atoms with Crippen LogP contribution in [0.5, 0.6) is 5.75 Å². The van der Waals surface area contributed by atoms with Gasteiger partial charge in [-0.05, 0) is 85.8 Å². The fraction of sp³-hybridized carbons (Fsp3) is 0.562. The van der Waals surface area contributed by atoms with Crippen molar-refractivity contribution < 1.29 is 31.5 Å². The van der Waals surface area contributed by atoms with Gasteiger partial charge in [-0.15, -0.1) is 0 Å². The standard InChI is InChI=1S/C32H39F2N3O5S/c1-43(40,41)37-28(38)16-20-9-12-27(25(15-20)24-7-3-8-26(33)29(24)21-5-2-6-21)42-23-11-10-22(17-23)36-30(39)32(34)18-31(35-19-32)13-4-14-31/h3,7-9,12,15,21-23,35H,2,4-6,10-11,13-14,16-19H2,1H3,(H,36,39)(H,37,38)/t22-,23-,32-/m1/s1. The van der Waals surface area contributed by atoms with E-state index in [0.29, 0.717) is 47.3 Å². The van der Waals surface area contributed by atoms with E-state index in [1.54, 1.807) is 24.3 Å². The Hall–Kier alpha value is -3.05. The molecule has 6 rings (SSSR count). The molecule has 0 radical (unpaired) electrons. The number of amides is 2. The average Bonchev–Trinajstić information content (AvgIpc) is 3.49. The van der Waals surface area contributed by atoms with Gasteiger partial charge in [0.1, 0.15) is 17.7 Å². The summed E-state index contributed by atoms with van der Waals surface area (Å²) in [5, 5.41) is 6.17. The van der Waals surface area contributed by atoms with Crippen molar-refractivity contribution in [3.05, 3.63) is 53.3 Å². The van der Waals surface area contributed by atoms with Gasteiger partial charge in [0.15, 0.2) is 0 Å². The molecule has 43 heavy (non-hydrogen) atoms. The van der Waals surface area contributed by atoms with Gasteiger partial charge in [0.05, 0.1) is 12.7 Å². The number of hydrogen-bond donors (Lipinski definition) is 3. The maximum absolute atomic E-state index is 15.6. The van der Waals surface area contributed by atoms with Crippen LogP contribution in [0.1, 0.15) is 81.3 Å². The summed E-state index contributed by atoms with van der Waals surface area (Å²) >= 11 is 0. The molecule has 2 aromatic carbocycles. The first-order valence-corrected chi connectivity index (χ1v) is 17.2. The molecule has 3 aliphatic carbocycles. The number of rotatable bonds is 9. The van der Waals surface area contributed by atoms with Gasteiger partial charge in [0, 0.05) is 36.5 Å². The number of nitrogens with one attached hydrogen (secondary N) is 3. The Kier molecular flexibility index (Phi) is 8.00. The van der Waals surface area contributed by atoms with Crippen LogP contribution in [0.3, 0.4) is 0 Å². The van der Waals surface area contributed by atoms with Gasteiger partial charge in [0.25, 0.3) is 5.91 Å². The van der Waals surface area contributed by atoms with Gasteiger partial charge in [-0.25, -0.2) is 17.2 Å². The predicted molar refractivity (Wildman–Crippen MR) is 158 cm³/mol. The molecule has 3 saturated carbocycles. The molecule has 1 saturated heterocycles. The van der Waals surface area contributed by atoms with Gasteiger partial charge in [-0.3, -0.25) is 14.3 Å². The summed E-state index contributed by atoms with van der Waals surface area (Å²) in [5.41, 5.74) is 0.370. The first-order valence-electron chi connectivity index (χ1n) is 15.3. The Morgan fingerprint density at radius 3 is 2.51 bits per heavy atom. The van der Waals surface area contributed by atoms with E-state index in [4.69, 9.17) is 4.74 Å². The lowest BCUT2D eigenvalue weighted by molar-refractivity contribution is -0.133. The molecule has 0 bridgehead atoms. The van der Waals surface area contributed by atoms with E-state index in [1.165, 1.54) is 6.07 Å². The highest BCUT2D eigenvalue weighted by Crippen LogP contribution is 2.46. The highest BCUT2D eigenvalue weighted by molar-refractivity contribution is 7.89. The molecule has 3 atom stereocenters. The van der Waals surface area contributed by atoms with Crippen molar-refractivity contribution in [1.29, 1.82) is 0 Å². The second-order valence-electron chi connectivity index (χ2n) is 13.0. The van der Waals surface area contributed by atoms with Gasteiger partial charge < -0.3 is 15.4 Å². The van der Waals surface area contributed by atoms with E-state index in [9.17, 15) is 18.0 Å². The van der Waals surface area contributed by atoms with Crippen LogP contribution in [0.2, 0.25) is 0 Å². The minimum atomic E-state index is -3.71. The van der Waals surface area contributed by atoms with Crippen LogP contribution in [0, 0.1) is 5.82 Å². The highest BCUT2D eigenvalue weighted by Gasteiger charge is 2.55. The number of alkyl halides is 1. The lowest BCUT2D eigenvalue weighted by Gasteiger charge is -2.38. The molecule has 1 heterocycles. The SMILES string of the molecule is CS(=O)(=O)NC(=O)Cc1ccc(O[C@@H]2CC[C@@H](NC(=O)[C@]3(F)CNC4(CCC4)C3)C2)c(-c2cccc(F)c2C2CCC2)c1. The van der Waals surface area contributed by atoms with Crippen molar-refractivity contribution in [2.75, 3.05) is 12.8 Å². The predicted octanol–water partition coefficient (Wildman–Crippen LogP) is 4.42. The number of halogens is 2. The first kappa shape index (κ1) is 30.0. The molecule has 4 fully saturated rings. The minimum absolute atomic E-state index is 0.0420. The topological polar surface area (TPSA) is 114 Å². The molecule has 1 aliphatic heterocycles. The van der Waals surface area contributed by atoms with Crippen molar-refractivity contribution in [2.45, 2.75) is 99.9 Å². The Balaban J connectivity index is 1.20. The second kappa shape index (κ2) is 11.5. The first-order chi connectivity index (χ1) is 20.4. The van der Waals surface area contributed by atoms with E-state index in [0.717, 1.165) is 44.8 Å². The Morgan fingerprint density at radius 1 is 1.07 bits per heavy atom. The number of sulfonamides is 1. The number of carbonyl (C=O) groups is 2. The van der Waals surface area contributed by atoms with E-state index >= 15 is 8.78 Å². The van der Waals surface area contributed by atoms with Crippen LogP contribution in [0.15, 0.2) is 36.4 Å². The molecule has 0 unspecified atom stereocenters. The van der Waals surface area contributed by atoms with Crippen LogP contribution in [-0.4, -0.2) is 56.4 Å². The molecule has 2 amide bonds. The monoisotopic (exact) mass is 615 g/mol. The van der Waals surface area contributed by atoms with E-state index in [-0.39, 0.29) is 48.8 Å². The van der Waals surface area contributed by atoms with Crippen molar-refractivity contribution in [3.63, 3.8) is 0 Å². The molecule has 0 aromatic heterocycles. The Morgan fingerprint density at radius 2 is 1.86 bits per heavy atom. The van der Waals surface area contributed by atoms with Crippen LogP contribution in [0.4, 0.5) is 8.78 Å². The fourth-order valence-electron chi connectivity index (χ4n) is 7.09. The summed E-state index contributed by atoms with van der Waals surface area (Å²) in [6.07, 6.45) is 8.20. The van der Waals surface area contributed by atoms with Crippen molar-refractivity contribution in [2.24, 2.45) is 0 Å². The quantitative estimate of drug-likeness (QED) is 0.385. The fourth-order valence-corrected chi connectivity index (χ4v) is 7.58. The number of carbonyl (C=O) groups excluding carboxylic acids is 2. The average molecular weight is 616 g/mol. The summed E-state index contributed by atoms with van der Waals surface area (Å²) < 4.78 is 62.3. The number of benzene rings is 2. The highest BCUT2D eigenvalue weighted by atomic mass is 32.2. The maximum Gasteiger partial charge on any atom is 0.259 e. The molecule has 4 aliphatic rings. The Bertz CT molecular complexity index is 1520. The summed E-state index contributed by atoms with van der Waals surface area (Å²) in [6, 6.07) is 9.94. The lowest BCUT2D eigenvalue weighted by Crippen LogP contribution is -2.49. The second-order valence-corrected chi connectivity index (χ2v) is 14.7. The van der Waals surface area contributed by atoms with Gasteiger partial charge in [-0.2, -0.15) is 0 Å². The summed E-state index contributed by atoms with van der Waals surface area (Å²) in [7, 11) is -3.71. The molecule has 232 valence electrons. The molecule has 3 N–H and O–H groups in total. The van der Waals surface area contributed by atoms with Crippen molar-refractivity contribution in [1.82, 2.24) is 15.4 Å². The summed E-state index contributed by atoms with van der Waals surface area (Å²) in [4.78, 5) is 25.3. The zero-order valence-corrected chi connectivity index (χ0v) is 25.2. The minimum Gasteiger partial charge on any atom is -0.490 e. The van der Waals surface area contributed by atoms with Gasteiger partial charge in [0.2, 0.25) is 21.6 Å². The molecular formula is C32H39F2N3O5S. The van der Waals surface area contributed by atoms with Gasteiger partial charge >= 0.3 is 0 Å². The zero-order chi connectivity index (χ0) is 30.4. The van der Waals surface area contributed by atoms with Crippen molar-refractivity contribution >= 4 is 21.8 Å². The molecule has 2 aromatic rings. The number of hydrogen-bond acceptors (Lipinski definition) is 6. The lowest BCUT2D eigenvalue weighted by atomic mass is 9.74. The van der Waals surface area contributed by atoms with E-state index < -0.39 is 27.5 Å². The third-order valence-electron chi connectivity index (χ3n) is 9.66. The summed E-state index contributed by atoms with van der Waals surface area (Å²) in [6.45, 7) is 0.0420. The number of ether oxygens (including phenoxy) is 1. The summed E-state index contributed by atoms with van der Waals surface area (Å²) in [5.74, 6) is -0.908. The molecule has 11 heteroatoms. The zero-order valence-electron chi connectivity index (χ0n) is 24.4. The third kappa shape index (κ3) is 6.43. The largest absolute Gasteiger partial charge is 0.490 e. The van der Waals surface area contributed by atoms with E-state index in [2.05, 4.69) is 10.6 Å². The van der Waals surface area contributed by atoms with Crippen LogP contribution in [-0.2, 0) is 26.0 Å².